The van der Waals surface area contributed by atoms with Crippen molar-refractivity contribution < 1.29 is 0 Å². The molecule has 3 heteroatoms. The van der Waals surface area contributed by atoms with Gasteiger partial charge in [-0.05, 0) is 17.9 Å². The Morgan fingerprint density at radius 1 is 1.71 bits per heavy atom. The van der Waals surface area contributed by atoms with Gasteiger partial charge in [0, 0.05) is 29.6 Å². The highest BCUT2D eigenvalue weighted by Gasteiger charge is 2.05. The van der Waals surface area contributed by atoms with E-state index in [1.165, 1.54) is 4.88 Å². The van der Waals surface area contributed by atoms with E-state index < -0.39 is 0 Å². The number of nitrogen functional groups attached to an aromatic ring is 1. The third-order valence-corrected chi connectivity index (χ3v) is 3.12. The molecule has 1 unspecified atom stereocenters. The molecule has 0 aliphatic carbocycles. The van der Waals surface area contributed by atoms with Crippen molar-refractivity contribution in [2.24, 2.45) is 0 Å². The van der Waals surface area contributed by atoms with E-state index in [9.17, 15) is 0 Å². The molecule has 0 radical (unpaired) electrons. The quantitative estimate of drug-likeness (QED) is 0.728. The first-order chi connectivity index (χ1) is 6.77. The van der Waals surface area contributed by atoms with Crippen LogP contribution in [0.1, 0.15) is 24.6 Å². The number of rotatable bonds is 5. The summed E-state index contributed by atoms with van der Waals surface area (Å²) in [6, 6.07) is 2.34. The second kappa shape index (κ2) is 5.69. The van der Waals surface area contributed by atoms with Crippen molar-refractivity contribution in [2.45, 2.75) is 32.4 Å². The lowest BCUT2D eigenvalue weighted by Gasteiger charge is -2.13. The van der Waals surface area contributed by atoms with Gasteiger partial charge in [-0.3, -0.25) is 0 Å². The van der Waals surface area contributed by atoms with Gasteiger partial charge in [-0.1, -0.05) is 6.92 Å². The fourth-order valence-electron chi connectivity index (χ4n) is 1.23. The predicted molar refractivity (Wildman–Crippen MR) is 63.1 cm³/mol. The average Bonchev–Trinajstić information content (AvgIpc) is 2.59. The van der Waals surface area contributed by atoms with Crippen LogP contribution in [0.3, 0.4) is 0 Å². The zero-order valence-corrected chi connectivity index (χ0v) is 9.23. The molecule has 0 spiro atoms. The molecule has 3 N–H and O–H groups in total. The number of hydrogen-bond acceptors (Lipinski definition) is 3. The first kappa shape index (κ1) is 11.1. The Balaban J connectivity index is 2.40. The lowest BCUT2D eigenvalue weighted by molar-refractivity contribution is 0.510. The van der Waals surface area contributed by atoms with Gasteiger partial charge in [0.2, 0.25) is 0 Å². The Morgan fingerprint density at radius 3 is 3.00 bits per heavy atom. The Kier molecular flexibility index (Phi) is 4.51. The second-order valence-corrected chi connectivity index (χ2v) is 4.19. The Morgan fingerprint density at radius 2 is 2.50 bits per heavy atom. The zero-order chi connectivity index (χ0) is 10.4. The summed E-state index contributed by atoms with van der Waals surface area (Å²) >= 11 is 1.68. The van der Waals surface area contributed by atoms with Crippen LogP contribution in [0.2, 0.25) is 0 Å². The molecule has 0 aliphatic rings. The monoisotopic (exact) mass is 208 g/mol. The number of thiophene rings is 1. The van der Waals surface area contributed by atoms with Crippen LogP contribution in [0.4, 0.5) is 5.69 Å². The summed E-state index contributed by atoms with van der Waals surface area (Å²) in [4.78, 5) is 1.19. The fourth-order valence-corrected chi connectivity index (χ4v) is 1.98. The molecule has 0 aliphatic heterocycles. The van der Waals surface area contributed by atoms with E-state index in [0.717, 1.165) is 25.1 Å². The van der Waals surface area contributed by atoms with Gasteiger partial charge in [0.25, 0.3) is 0 Å². The third-order valence-electron chi connectivity index (χ3n) is 2.19. The van der Waals surface area contributed by atoms with E-state index >= 15 is 0 Å². The van der Waals surface area contributed by atoms with Crippen LogP contribution in [0.15, 0.2) is 11.4 Å². The minimum Gasteiger partial charge on any atom is -0.398 e. The fraction of sp³-hybridized carbons (Fsp3) is 0.455. The Labute approximate surface area is 89.5 Å². The molecule has 1 aromatic heterocycles. The highest BCUT2D eigenvalue weighted by molar-refractivity contribution is 7.10. The van der Waals surface area contributed by atoms with E-state index in [0.29, 0.717) is 6.04 Å². The van der Waals surface area contributed by atoms with Crippen LogP contribution >= 0.6 is 11.3 Å². The number of hydrogen-bond donors (Lipinski definition) is 2. The minimum atomic E-state index is 0.404. The van der Waals surface area contributed by atoms with Gasteiger partial charge in [0.05, 0.1) is 0 Å². The summed E-state index contributed by atoms with van der Waals surface area (Å²) in [7, 11) is 0. The van der Waals surface area contributed by atoms with E-state index in [1.807, 2.05) is 11.4 Å². The van der Waals surface area contributed by atoms with Crippen LogP contribution in [-0.4, -0.2) is 6.04 Å². The molecule has 1 atom stereocenters. The molecular formula is C11H16N2S. The largest absolute Gasteiger partial charge is 0.398 e. The maximum atomic E-state index is 5.77. The second-order valence-electron chi connectivity index (χ2n) is 3.19. The molecule has 0 amide bonds. The van der Waals surface area contributed by atoms with Crippen molar-refractivity contribution in [1.82, 2.24) is 5.32 Å². The smallest absolute Gasteiger partial charge is 0.0468 e. The summed E-state index contributed by atoms with van der Waals surface area (Å²) in [6.45, 7) is 2.95. The van der Waals surface area contributed by atoms with Crippen molar-refractivity contribution in [1.29, 1.82) is 0 Å². The third kappa shape index (κ3) is 3.06. The van der Waals surface area contributed by atoms with E-state index in [-0.39, 0.29) is 0 Å². The van der Waals surface area contributed by atoms with Crippen LogP contribution in [0.5, 0.6) is 0 Å². The van der Waals surface area contributed by atoms with Gasteiger partial charge in [0.1, 0.15) is 0 Å². The molecule has 0 aromatic carbocycles. The van der Waals surface area contributed by atoms with Crippen LogP contribution < -0.4 is 11.1 Å². The van der Waals surface area contributed by atoms with Crippen molar-refractivity contribution in [2.75, 3.05) is 5.73 Å². The SMILES string of the molecule is C#CCC(CC)NCc1sccc1N. The Bertz CT molecular complexity index is 311. The van der Waals surface area contributed by atoms with Gasteiger partial charge in [-0.25, -0.2) is 0 Å². The first-order valence-electron chi connectivity index (χ1n) is 4.76. The number of anilines is 1. The predicted octanol–water partition coefficient (Wildman–Crippen LogP) is 2.22. The van der Waals surface area contributed by atoms with Crippen molar-refractivity contribution in [3.05, 3.63) is 16.3 Å². The number of nitrogens with one attached hydrogen (secondary N) is 1. The lowest BCUT2D eigenvalue weighted by atomic mass is 10.1. The summed E-state index contributed by atoms with van der Waals surface area (Å²) in [5.74, 6) is 2.67. The zero-order valence-electron chi connectivity index (χ0n) is 8.42. The molecule has 0 bridgehead atoms. The molecule has 1 aromatic rings. The van der Waals surface area contributed by atoms with E-state index in [2.05, 4.69) is 18.2 Å². The normalized spacial score (nSPS) is 12.3. The molecule has 14 heavy (non-hydrogen) atoms. The molecule has 0 saturated heterocycles. The molecule has 76 valence electrons. The van der Waals surface area contributed by atoms with Gasteiger partial charge in [-0.15, -0.1) is 23.7 Å². The maximum absolute atomic E-state index is 5.77. The number of terminal acetylenes is 1. The average molecular weight is 208 g/mol. The summed E-state index contributed by atoms with van der Waals surface area (Å²) < 4.78 is 0. The lowest BCUT2D eigenvalue weighted by Crippen LogP contribution is -2.27. The van der Waals surface area contributed by atoms with Gasteiger partial charge >= 0.3 is 0 Å². The van der Waals surface area contributed by atoms with Gasteiger partial charge in [0.15, 0.2) is 0 Å². The molecule has 0 saturated carbocycles. The topological polar surface area (TPSA) is 38.0 Å². The van der Waals surface area contributed by atoms with Crippen molar-refractivity contribution >= 4 is 17.0 Å². The molecule has 0 fully saturated rings. The number of nitrogens with two attached hydrogens (primary N) is 1. The summed E-state index contributed by atoms with van der Waals surface area (Å²) in [6.07, 6.45) is 7.10. The van der Waals surface area contributed by atoms with Gasteiger partial charge in [-0.2, -0.15) is 0 Å². The molecule has 1 rings (SSSR count). The maximum Gasteiger partial charge on any atom is 0.0468 e. The van der Waals surface area contributed by atoms with Crippen molar-refractivity contribution in [3.8, 4) is 12.3 Å². The van der Waals surface area contributed by atoms with Crippen LogP contribution in [-0.2, 0) is 6.54 Å². The van der Waals surface area contributed by atoms with E-state index in [4.69, 9.17) is 12.2 Å². The van der Waals surface area contributed by atoms with Crippen LogP contribution in [0.25, 0.3) is 0 Å². The standard InChI is InChI=1S/C11H16N2S/c1-3-5-9(4-2)13-8-11-10(12)6-7-14-11/h1,6-7,9,13H,4-5,8,12H2,2H3. The summed E-state index contributed by atoms with van der Waals surface area (Å²) in [5.41, 5.74) is 6.65. The van der Waals surface area contributed by atoms with E-state index in [1.54, 1.807) is 11.3 Å². The molecule has 1 heterocycles. The van der Waals surface area contributed by atoms with Crippen LogP contribution in [0, 0.1) is 12.3 Å². The highest BCUT2D eigenvalue weighted by Crippen LogP contribution is 2.18. The molecular weight excluding hydrogens is 192 g/mol. The minimum absolute atomic E-state index is 0.404. The Hall–Kier alpha value is -0.980. The van der Waals surface area contributed by atoms with Crippen molar-refractivity contribution in [3.63, 3.8) is 0 Å². The summed E-state index contributed by atoms with van der Waals surface area (Å²) in [5, 5.41) is 5.41. The molecule has 2 nitrogen and oxygen atoms in total. The first-order valence-corrected chi connectivity index (χ1v) is 5.64. The van der Waals surface area contributed by atoms with Gasteiger partial charge < -0.3 is 11.1 Å². The highest BCUT2D eigenvalue weighted by atomic mass is 32.1.